The molecule has 0 N–H and O–H groups in total. The molecule has 1 aromatic rings. The Bertz CT molecular complexity index is 636. The zero-order chi connectivity index (χ0) is 18.6. The average molecular weight is 413 g/mol. The predicted octanol–water partition coefficient (Wildman–Crippen LogP) is 5.68. The number of halogens is 1. The van der Waals surface area contributed by atoms with Crippen molar-refractivity contribution >= 4 is 33.4 Å². The second-order valence-electron chi connectivity index (χ2n) is 7.49. The van der Waals surface area contributed by atoms with Crippen LogP contribution in [0.4, 0.5) is 16.2 Å². The molecule has 0 aromatic heterocycles. The molecule has 25 heavy (non-hydrogen) atoms. The molecule has 1 saturated carbocycles. The first kappa shape index (κ1) is 19.7. The van der Waals surface area contributed by atoms with Crippen LogP contribution in [0.5, 0.6) is 0 Å². The van der Waals surface area contributed by atoms with Crippen molar-refractivity contribution in [2.24, 2.45) is 5.92 Å². The zero-order valence-electron chi connectivity index (χ0n) is 15.0. The quantitative estimate of drug-likeness (QED) is 0.470. The van der Waals surface area contributed by atoms with Crippen LogP contribution in [-0.2, 0) is 4.74 Å². The van der Waals surface area contributed by atoms with E-state index in [0.29, 0.717) is 22.6 Å². The smallest absolute Gasteiger partial charge is 0.414 e. The first-order valence-corrected chi connectivity index (χ1v) is 9.41. The Morgan fingerprint density at radius 2 is 1.96 bits per heavy atom. The lowest BCUT2D eigenvalue weighted by Gasteiger charge is -2.31. The van der Waals surface area contributed by atoms with Crippen LogP contribution in [0.2, 0.25) is 0 Å². The third kappa shape index (κ3) is 5.70. The fourth-order valence-corrected chi connectivity index (χ4v) is 3.55. The van der Waals surface area contributed by atoms with Crippen LogP contribution in [0.3, 0.4) is 0 Å². The van der Waals surface area contributed by atoms with Crippen molar-refractivity contribution in [3.8, 4) is 0 Å². The lowest BCUT2D eigenvalue weighted by atomic mass is 9.89. The SMILES string of the molecule is CC(C)(C)OC(=O)N(CC1CCCCC1)c1ccc([N+](=O)[O-])c(Br)c1. The van der Waals surface area contributed by atoms with Gasteiger partial charge in [-0.05, 0) is 67.6 Å². The van der Waals surface area contributed by atoms with Gasteiger partial charge >= 0.3 is 6.09 Å². The molecule has 1 fully saturated rings. The van der Waals surface area contributed by atoms with E-state index in [0.717, 1.165) is 12.8 Å². The van der Waals surface area contributed by atoms with Crippen LogP contribution in [0.15, 0.2) is 22.7 Å². The number of nitro benzene ring substituents is 1. The lowest BCUT2D eigenvalue weighted by Crippen LogP contribution is -2.40. The minimum absolute atomic E-state index is 0.0226. The van der Waals surface area contributed by atoms with Crippen LogP contribution in [0.25, 0.3) is 0 Å². The van der Waals surface area contributed by atoms with Crippen molar-refractivity contribution in [1.82, 2.24) is 0 Å². The van der Waals surface area contributed by atoms with Crippen LogP contribution in [0.1, 0.15) is 52.9 Å². The summed E-state index contributed by atoms with van der Waals surface area (Å²) in [6, 6.07) is 4.64. The Morgan fingerprint density at radius 3 is 2.48 bits per heavy atom. The van der Waals surface area contributed by atoms with Gasteiger partial charge in [0.25, 0.3) is 5.69 Å². The third-order valence-corrected chi connectivity index (χ3v) is 4.85. The van der Waals surface area contributed by atoms with E-state index in [9.17, 15) is 14.9 Å². The molecule has 2 rings (SSSR count). The zero-order valence-corrected chi connectivity index (χ0v) is 16.5. The van der Waals surface area contributed by atoms with E-state index in [-0.39, 0.29) is 5.69 Å². The maximum absolute atomic E-state index is 12.7. The molecule has 0 heterocycles. The Kier molecular flexibility index (Phi) is 6.43. The first-order valence-electron chi connectivity index (χ1n) is 8.62. The summed E-state index contributed by atoms with van der Waals surface area (Å²) in [5.41, 5.74) is -0.0113. The highest BCUT2D eigenvalue weighted by molar-refractivity contribution is 9.10. The van der Waals surface area contributed by atoms with E-state index in [1.807, 2.05) is 20.8 Å². The van der Waals surface area contributed by atoms with Gasteiger partial charge in [-0.3, -0.25) is 15.0 Å². The first-order chi connectivity index (χ1) is 11.7. The Hall–Kier alpha value is -1.63. The minimum Gasteiger partial charge on any atom is -0.443 e. The van der Waals surface area contributed by atoms with Gasteiger partial charge in [-0.1, -0.05) is 19.3 Å². The van der Waals surface area contributed by atoms with Gasteiger partial charge < -0.3 is 4.74 Å². The van der Waals surface area contributed by atoms with Crippen LogP contribution in [0, 0.1) is 16.0 Å². The third-order valence-electron chi connectivity index (χ3n) is 4.22. The largest absolute Gasteiger partial charge is 0.443 e. The molecule has 7 heteroatoms. The van der Waals surface area contributed by atoms with Crippen LogP contribution < -0.4 is 4.90 Å². The minimum atomic E-state index is -0.597. The van der Waals surface area contributed by atoms with E-state index >= 15 is 0 Å². The van der Waals surface area contributed by atoms with E-state index in [1.165, 1.54) is 25.3 Å². The van der Waals surface area contributed by atoms with Gasteiger partial charge in [-0.2, -0.15) is 0 Å². The summed E-state index contributed by atoms with van der Waals surface area (Å²) in [5, 5.41) is 11.0. The Labute approximate surface area is 156 Å². The summed E-state index contributed by atoms with van der Waals surface area (Å²) in [6.45, 7) is 6.06. The number of hydrogen-bond donors (Lipinski definition) is 0. The van der Waals surface area contributed by atoms with Gasteiger partial charge in [-0.25, -0.2) is 4.79 Å². The number of amides is 1. The number of carbonyl (C=O) groups is 1. The summed E-state index contributed by atoms with van der Waals surface area (Å²) in [6.07, 6.45) is 5.36. The monoisotopic (exact) mass is 412 g/mol. The highest BCUT2D eigenvalue weighted by atomic mass is 79.9. The fourth-order valence-electron chi connectivity index (χ4n) is 3.04. The van der Waals surface area contributed by atoms with Crippen LogP contribution >= 0.6 is 15.9 Å². The van der Waals surface area contributed by atoms with Crippen molar-refractivity contribution in [3.05, 3.63) is 32.8 Å². The van der Waals surface area contributed by atoms with E-state index in [1.54, 1.807) is 17.0 Å². The number of hydrogen-bond acceptors (Lipinski definition) is 4. The number of benzene rings is 1. The second-order valence-corrected chi connectivity index (χ2v) is 8.34. The molecule has 1 aliphatic rings. The van der Waals surface area contributed by atoms with E-state index in [2.05, 4.69) is 15.9 Å². The Morgan fingerprint density at radius 1 is 1.32 bits per heavy atom. The number of carbonyl (C=O) groups excluding carboxylic acids is 1. The molecule has 138 valence electrons. The molecular weight excluding hydrogens is 388 g/mol. The summed E-state index contributed by atoms with van der Waals surface area (Å²) in [4.78, 5) is 24.9. The summed E-state index contributed by atoms with van der Waals surface area (Å²) < 4.78 is 5.91. The van der Waals surface area contributed by atoms with Crippen molar-refractivity contribution in [1.29, 1.82) is 0 Å². The number of rotatable bonds is 4. The molecule has 0 saturated heterocycles. The lowest BCUT2D eigenvalue weighted by molar-refractivity contribution is -0.385. The Balaban J connectivity index is 2.27. The van der Waals surface area contributed by atoms with E-state index in [4.69, 9.17) is 4.74 Å². The molecule has 0 unspecified atom stereocenters. The second kappa shape index (κ2) is 8.17. The van der Waals surface area contributed by atoms with Crippen molar-refractivity contribution in [3.63, 3.8) is 0 Å². The summed E-state index contributed by atoms with van der Waals surface area (Å²) in [5.74, 6) is 0.426. The topological polar surface area (TPSA) is 72.7 Å². The van der Waals surface area contributed by atoms with Gasteiger partial charge in [0.1, 0.15) is 5.60 Å². The standard InChI is InChI=1S/C18H25BrN2O4/c1-18(2,3)25-17(22)20(12-13-7-5-4-6-8-13)14-9-10-16(21(23)24)15(19)11-14/h9-11,13H,4-8,12H2,1-3H3. The maximum atomic E-state index is 12.7. The maximum Gasteiger partial charge on any atom is 0.414 e. The molecular formula is C18H25BrN2O4. The molecule has 0 aliphatic heterocycles. The van der Waals surface area contributed by atoms with Gasteiger partial charge in [0.2, 0.25) is 0 Å². The average Bonchev–Trinajstić information content (AvgIpc) is 2.51. The number of nitrogens with zero attached hydrogens (tertiary/aromatic N) is 2. The van der Waals surface area contributed by atoms with Gasteiger partial charge in [0, 0.05) is 18.3 Å². The van der Waals surface area contributed by atoms with Gasteiger partial charge in [0.05, 0.1) is 9.40 Å². The summed E-state index contributed by atoms with van der Waals surface area (Å²) in [7, 11) is 0. The van der Waals surface area contributed by atoms with E-state index < -0.39 is 16.6 Å². The van der Waals surface area contributed by atoms with Crippen molar-refractivity contribution < 1.29 is 14.5 Å². The number of nitro groups is 1. The summed E-state index contributed by atoms with van der Waals surface area (Å²) >= 11 is 3.23. The molecule has 6 nitrogen and oxygen atoms in total. The molecule has 1 aliphatic carbocycles. The fraction of sp³-hybridized carbons (Fsp3) is 0.611. The van der Waals surface area contributed by atoms with Crippen molar-refractivity contribution in [2.45, 2.75) is 58.5 Å². The normalized spacial score (nSPS) is 15.7. The van der Waals surface area contributed by atoms with Crippen LogP contribution in [-0.4, -0.2) is 23.2 Å². The van der Waals surface area contributed by atoms with Crippen molar-refractivity contribution in [2.75, 3.05) is 11.4 Å². The highest BCUT2D eigenvalue weighted by Gasteiger charge is 2.27. The molecule has 0 atom stereocenters. The number of anilines is 1. The van der Waals surface area contributed by atoms with Gasteiger partial charge in [0.15, 0.2) is 0 Å². The molecule has 0 spiro atoms. The molecule has 1 aromatic carbocycles. The molecule has 1 amide bonds. The predicted molar refractivity (Wildman–Crippen MR) is 101 cm³/mol. The highest BCUT2D eigenvalue weighted by Crippen LogP contribution is 2.32. The molecule has 0 bridgehead atoms. The van der Waals surface area contributed by atoms with Gasteiger partial charge in [-0.15, -0.1) is 0 Å². The molecule has 0 radical (unpaired) electrons. The number of ether oxygens (including phenoxy) is 1.